The minimum absolute atomic E-state index is 0.0359. The van der Waals surface area contributed by atoms with Crippen molar-refractivity contribution in [2.45, 2.75) is 57.1 Å². The lowest BCUT2D eigenvalue weighted by molar-refractivity contribution is -0.140. The Hall–Kier alpha value is -4.90. The standard InChI is InChI=1S/C37H42FN3O6S/c1-6-27(3)39-37(43)34(22-28-10-8-7-9-11-28)40(24-29-14-16-30(38)17-15-29)36(42)25-41(33-23-31(46-4)18-21-35(33)47-5)48(44,45)32-19-12-26(2)13-20-32/h7-21,23,27,34H,6,22,24-25H2,1-5H3,(H,39,43)/t27-,34+/m1/s1. The third-order valence-electron chi connectivity index (χ3n) is 8.08. The second-order valence-corrected chi connectivity index (χ2v) is 13.4. The molecule has 0 saturated heterocycles. The Morgan fingerprint density at radius 1 is 0.875 bits per heavy atom. The Kier molecular flexibility index (Phi) is 12.2. The quantitative estimate of drug-likeness (QED) is 0.168. The number of nitrogens with one attached hydrogen (secondary N) is 1. The fourth-order valence-electron chi connectivity index (χ4n) is 5.12. The van der Waals surface area contributed by atoms with Gasteiger partial charge in [0.2, 0.25) is 11.8 Å². The van der Waals surface area contributed by atoms with E-state index >= 15 is 0 Å². The summed E-state index contributed by atoms with van der Waals surface area (Å²) in [7, 11) is -1.51. The molecule has 0 spiro atoms. The minimum atomic E-state index is -4.36. The summed E-state index contributed by atoms with van der Waals surface area (Å²) in [6, 6.07) is 24.6. The van der Waals surface area contributed by atoms with E-state index in [0.29, 0.717) is 17.7 Å². The first kappa shape index (κ1) is 35.9. The number of rotatable bonds is 15. The number of anilines is 1. The summed E-state index contributed by atoms with van der Waals surface area (Å²) >= 11 is 0. The summed E-state index contributed by atoms with van der Waals surface area (Å²) in [6.45, 7) is 4.89. The molecule has 9 nitrogen and oxygen atoms in total. The number of nitrogens with zero attached hydrogens (tertiary/aromatic N) is 2. The molecule has 4 rings (SSSR count). The van der Waals surface area contributed by atoms with E-state index in [2.05, 4.69) is 5.32 Å². The molecule has 2 atom stereocenters. The Morgan fingerprint density at radius 3 is 2.15 bits per heavy atom. The van der Waals surface area contributed by atoms with Crippen LogP contribution in [-0.2, 0) is 32.6 Å². The van der Waals surface area contributed by atoms with Crippen LogP contribution in [0.5, 0.6) is 11.5 Å². The molecule has 4 aromatic carbocycles. The maximum Gasteiger partial charge on any atom is 0.264 e. The van der Waals surface area contributed by atoms with Crippen LogP contribution in [0.25, 0.3) is 0 Å². The van der Waals surface area contributed by atoms with Gasteiger partial charge >= 0.3 is 0 Å². The molecule has 254 valence electrons. The van der Waals surface area contributed by atoms with Crippen molar-refractivity contribution in [3.05, 3.63) is 120 Å². The summed E-state index contributed by atoms with van der Waals surface area (Å²) in [5.74, 6) is -0.955. The summed E-state index contributed by atoms with van der Waals surface area (Å²) in [6.07, 6.45) is 0.817. The second kappa shape index (κ2) is 16.3. The molecule has 0 fully saturated rings. The number of methoxy groups -OCH3 is 2. The number of ether oxygens (including phenoxy) is 2. The highest BCUT2D eigenvalue weighted by Gasteiger charge is 2.36. The van der Waals surface area contributed by atoms with E-state index in [1.807, 2.05) is 51.1 Å². The first-order chi connectivity index (χ1) is 23.0. The van der Waals surface area contributed by atoms with Crippen molar-refractivity contribution in [3.8, 4) is 11.5 Å². The maximum absolute atomic E-state index is 14.7. The monoisotopic (exact) mass is 675 g/mol. The number of amides is 2. The summed E-state index contributed by atoms with van der Waals surface area (Å²) in [5.41, 5.74) is 2.30. The molecule has 0 aliphatic heterocycles. The van der Waals surface area contributed by atoms with Crippen LogP contribution >= 0.6 is 0 Å². The Bertz CT molecular complexity index is 1780. The molecular formula is C37H42FN3O6S. The van der Waals surface area contributed by atoms with Gasteiger partial charge in [-0.25, -0.2) is 12.8 Å². The molecular weight excluding hydrogens is 633 g/mol. The molecule has 48 heavy (non-hydrogen) atoms. The van der Waals surface area contributed by atoms with Crippen LogP contribution in [0, 0.1) is 12.7 Å². The molecule has 0 aliphatic carbocycles. The van der Waals surface area contributed by atoms with Crippen LogP contribution in [0.3, 0.4) is 0 Å². The number of hydrogen-bond acceptors (Lipinski definition) is 6. The van der Waals surface area contributed by atoms with Crippen LogP contribution in [0.4, 0.5) is 10.1 Å². The first-order valence-corrected chi connectivity index (χ1v) is 17.1. The SMILES string of the molecule is CC[C@@H](C)NC(=O)[C@H](Cc1ccccc1)N(Cc1ccc(F)cc1)C(=O)CN(c1cc(OC)ccc1OC)S(=O)(=O)c1ccc(C)cc1. The van der Waals surface area contributed by atoms with Crippen molar-refractivity contribution in [1.82, 2.24) is 10.2 Å². The molecule has 0 unspecified atom stereocenters. The zero-order valence-corrected chi connectivity index (χ0v) is 28.7. The van der Waals surface area contributed by atoms with Gasteiger partial charge in [0, 0.05) is 25.1 Å². The first-order valence-electron chi connectivity index (χ1n) is 15.7. The molecule has 2 amide bonds. The lowest BCUT2D eigenvalue weighted by atomic mass is 10.0. The Labute approximate surface area is 282 Å². The number of carbonyl (C=O) groups excluding carboxylic acids is 2. The van der Waals surface area contributed by atoms with E-state index in [4.69, 9.17) is 9.47 Å². The molecule has 0 bridgehead atoms. The van der Waals surface area contributed by atoms with E-state index in [0.717, 1.165) is 15.4 Å². The van der Waals surface area contributed by atoms with Gasteiger partial charge in [0.1, 0.15) is 29.9 Å². The molecule has 0 radical (unpaired) electrons. The Morgan fingerprint density at radius 2 is 1.54 bits per heavy atom. The van der Waals surface area contributed by atoms with Crippen LogP contribution in [0.1, 0.15) is 37.0 Å². The molecule has 0 heterocycles. The summed E-state index contributed by atoms with van der Waals surface area (Å²) < 4.78 is 54.6. The van der Waals surface area contributed by atoms with Gasteiger partial charge in [0.15, 0.2) is 0 Å². The van der Waals surface area contributed by atoms with Gasteiger partial charge in [-0.15, -0.1) is 0 Å². The molecule has 0 saturated carbocycles. The van der Waals surface area contributed by atoms with Crippen molar-refractivity contribution >= 4 is 27.5 Å². The smallest absolute Gasteiger partial charge is 0.264 e. The number of carbonyl (C=O) groups is 2. The number of benzene rings is 4. The highest BCUT2D eigenvalue weighted by molar-refractivity contribution is 7.92. The van der Waals surface area contributed by atoms with Crippen LogP contribution in [0.15, 0.2) is 102 Å². The van der Waals surface area contributed by atoms with E-state index in [-0.39, 0.29) is 35.3 Å². The number of halogens is 1. The molecule has 4 aromatic rings. The van der Waals surface area contributed by atoms with Crippen LogP contribution in [0.2, 0.25) is 0 Å². The van der Waals surface area contributed by atoms with E-state index < -0.39 is 40.2 Å². The third kappa shape index (κ3) is 8.92. The highest BCUT2D eigenvalue weighted by atomic mass is 32.2. The Balaban J connectivity index is 1.87. The van der Waals surface area contributed by atoms with Crippen molar-refractivity contribution in [1.29, 1.82) is 0 Å². The molecule has 1 N–H and O–H groups in total. The van der Waals surface area contributed by atoms with Gasteiger partial charge in [-0.3, -0.25) is 13.9 Å². The normalized spacial score (nSPS) is 12.5. The average molecular weight is 676 g/mol. The van der Waals surface area contributed by atoms with Crippen LogP contribution < -0.4 is 19.1 Å². The van der Waals surface area contributed by atoms with E-state index in [1.54, 1.807) is 24.3 Å². The zero-order valence-electron chi connectivity index (χ0n) is 27.9. The van der Waals surface area contributed by atoms with Gasteiger partial charge in [-0.1, -0.05) is 67.1 Å². The second-order valence-electron chi connectivity index (χ2n) is 11.5. The van der Waals surface area contributed by atoms with Gasteiger partial charge < -0.3 is 19.7 Å². The van der Waals surface area contributed by atoms with Gasteiger partial charge in [0.05, 0.1) is 24.8 Å². The van der Waals surface area contributed by atoms with Crippen molar-refractivity contribution < 1.29 is 31.9 Å². The van der Waals surface area contributed by atoms with Crippen molar-refractivity contribution in [3.63, 3.8) is 0 Å². The predicted molar refractivity (Wildman–Crippen MR) is 184 cm³/mol. The number of aryl methyl sites for hydroxylation is 1. The van der Waals surface area contributed by atoms with Gasteiger partial charge in [-0.05, 0) is 67.8 Å². The lowest BCUT2D eigenvalue weighted by Gasteiger charge is -2.34. The largest absolute Gasteiger partial charge is 0.497 e. The topological polar surface area (TPSA) is 105 Å². The van der Waals surface area contributed by atoms with Gasteiger partial charge in [-0.2, -0.15) is 0 Å². The average Bonchev–Trinajstić information content (AvgIpc) is 3.09. The van der Waals surface area contributed by atoms with Crippen molar-refractivity contribution in [2.24, 2.45) is 0 Å². The third-order valence-corrected chi connectivity index (χ3v) is 9.85. The van der Waals surface area contributed by atoms with Crippen molar-refractivity contribution in [2.75, 3.05) is 25.1 Å². The van der Waals surface area contributed by atoms with Crippen LogP contribution in [-0.4, -0.2) is 58.0 Å². The summed E-state index contributed by atoms with van der Waals surface area (Å²) in [5, 5.41) is 3.00. The highest BCUT2D eigenvalue weighted by Crippen LogP contribution is 2.36. The summed E-state index contributed by atoms with van der Waals surface area (Å²) in [4.78, 5) is 30.0. The molecule has 0 aromatic heterocycles. The fourth-order valence-corrected chi connectivity index (χ4v) is 6.54. The lowest BCUT2D eigenvalue weighted by Crippen LogP contribution is -2.54. The number of hydrogen-bond donors (Lipinski definition) is 1. The molecule has 0 aliphatic rings. The van der Waals surface area contributed by atoms with E-state index in [1.165, 1.54) is 61.6 Å². The number of sulfonamides is 1. The van der Waals surface area contributed by atoms with E-state index in [9.17, 15) is 22.4 Å². The predicted octanol–water partition coefficient (Wildman–Crippen LogP) is 5.90. The maximum atomic E-state index is 14.7. The minimum Gasteiger partial charge on any atom is -0.497 e. The molecule has 11 heteroatoms. The fraction of sp³-hybridized carbons (Fsp3) is 0.297. The zero-order chi connectivity index (χ0) is 34.8. The van der Waals surface area contributed by atoms with Gasteiger partial charge in [0.25, 0.3) is 10.0 Å².